The van der Waals surface area contributed by atoms with E-state index >= 15 is 0 Å². The first kappa shape index (κ1) is 22.0. The van der Waals surface area contributed by atoms with Crippen LogP contribution in [0.15, 0.2) is 77.3 Å². The molecule has 0 aliphatic heterocycles. The number of hydrogen-bond acceptors (Lipinski definition) is 4. The van der Waals surface area contributed by atoms with E-state index in [1.165, 1.54) is 0 Å². The summed E-state index contributed by atoms with van der Waals surface area (Å²) in [5.74, 6) is 1.78. The maximum Gasteiger partial charge on any atom is 0.265 e. The standard InChI is InChI=1S/C23H21BrClNO4/c1-16(30-22-12-7-17(25)15-21(22)24)23(27)26-18-8-10-20(11-9-18)29-14-13-28-19-5-3-2-4-6-19/h2-12,15-16H,13-14H2,1H3,(H,26,27). The molecule has 0 saturated carbocycles. The van der Waals surface area contributed by atoms with E-state index in [4.69, 9.17) is 25.8 Å². The Labute approximate surface area is 189 Å². The largest absolute Gasteiger partial charge is 0.490 e. The summed E-state index contributed by atoms with van der Waals surface area (Å²) in [6, 6.07) is 21.8. The number of para-hydroxylation sites is 1. The van der Waals surface area contributed by atoms with Gasteiger partial charge in [0.2, 0.25) is 0 Å². The number of amides is 1. The predicted octanol–water partition coefficient (Wildman–Crippen LogP) is 5.97. The summed E-state index contributed by atoms with van der Waals surface area (Å²) in [4.78, 5) is 12.4. The highest BCUT2D eigenvalue weighted by Crippen LogP contribution is 2.29. The number of carbonyl (C=O) groups excluding carboxylic acids is 1. The lowest BCUT2D eigenvalue weighted by Gasteiger charge is -2.16. The minimum absolute atomic E-state index is 0.262. The zero-order valence-corrected chi connectivity index (χ0v) is 18.7. The molecule has 0 heterocycles. The van der Waals surface area contributed by atoms with Crippen LogP contribution in [0.25, 0.3) is 0 Å². The topological polar surface area (TPSA) is 56.8 Å². The smallest absolute Gasteiger partial charge is 0.265 e. The third-order valence-electron chi connectivity index (χ3n) is 4.05. The first-order chi connectivity index (χ1) is 14.5. The van der Waals surface area contributed by atoms with E-state index in [9.17, 15) is 4.79 Å². The molecular weight excluding hydrogens is 470 g/mol. The Kier molecular flexibility index (Phi) is 7.99. The van der Waals surface area contributed by atoms with Gasteiger partial charge in [0, 0.05) is 10.7 Å². The van der Waals surface area contributed by atoms with Crippen LogP contribution in [0.5, 0.6) is 17.2 Å². The van der Waals surface area contributed by atoms with Crippen LogP contribution >= 0.6 is 27.5 Å². The normalized spacial score (nSPS) is 11.4. The van der Waals surface area contributed by atoms with Crippen LogP contribution in [0.2, 0.25) is 5.02 Å². The lowest BCUT2D eigenvalue weighted by Crippen LogP contribution is -2.30. The van der Waals surface area contributed by atoms with Crippen molar-refractivity contribution < 1.29 is 19.0 Å². The van der Waals surface area contributed by atoms with Crippen LogP contribution in [-0.2, 0) is 4.79 Å². The highest BCUT2D eigenvalue weighted by molar-refractivity contribution is 9.10. The predicted molar refractivity (Wildman–Crippen MR) is 122 cm³/mol. The van der Waals surface area contributed by atoms with Gasteiger partial charge in [-0.05, 0) is 77.5 Å². The second kappa shape index (κ2) is 10.9. The highest BCUT2D eigenvalue weighted by atomic mass is 79.9. The van der Waals surface area contributed by atoms with Gasteiger partial charge in [0.1, 0.15) is 30.5 Å². The van der Waals surface area contributed by atoms with Gasteiger partial charge in [0.15, 0.2) is 6.10 Å². The molecular formula is C23H21BrClNO4. The number of nitrogens with one attached hydrogen (secondary N) is 1. The second-order valence-electron chi connectivity index (χ2n) is 6.36. The van der Waals surface area contributed by atoms with Gasteiger partial charge in [-0.15, -0.1) is 0 Å². The quantitative estimate of drug-likeness (QED) is 0.376. The van der Waals surface area contributed by atoms with Crippen LogP contribution in [0, 0.1) is 0 Å². The molecule has 0 aromatic heterocycles. The average Bonchev–Trinajstić information content (AvgIpc) is 2.75. The van der Waals surface area contributed by atoms with Gasteiger partial charge in [0.25, 0.3) is 5.91 Å². The molecule has 0 bridgehead atoms. The highest BCUT2D eigenvalue weighted by Gasteiger charge is 2.16. The fourth-order valence-electron chi connectivity index (χ4n) is 2.53. The van der Waals surface area contributed by atoms with Crippen molar-refractivity contribution in [1.82, 2.24) is 0 Å². The summed E-state index contributed by atoms with van der Waals surface area (Å²) in [5.41, 5.74) is 0.651. The van der Waals surface area contributed by atoms with Gasteiger partial charge in [-0.3, -0.25) is 4.79 Å². The minimum atomic E-state index is -0.687. The lowest BCUT2D eigenvalue weighted by molar-refractivity contribution is -0.122. The van der Waals surface area contributed by atoms with Crippen LogP contribution in [0.4, 0.5) is 5.69 Å². The van der Waals surface area contributed by atoms with Crippen LogP contribution < -0.4 is 19.5 Å². The fourth-order valence-corrected chi connectivity index (χ4v) is 3.31. The Bertz CT molecular complexity index is 967. The van der Waals surface area contributed by atoms with Crippen LogP contribution in [0.1, 0.15) is 6.92 Å². The van der Waals surface area contributed by atoms with E-state index in [0.29, 0.717) is 39.9 Å². The van der Waals surface area contributed by atoms with Crippen molar-refractivity contribution in [3.8, 4) is 17.2 Å². The van der Waals surface area contributed by atoms with E-state index in [0.717, 1.165) is 5.75 Å². The van der Waals surface area contributed by atoms with Gasteiger partial charge >= 0.3 is 0 Å². The molecule has 0 aliphatic carbocycles. The van der Waals surface area contributed by atoms with E-state index in [1.807, 2.05) is 30.3 Å². The molecule has 0 saturated heterocycles. The molecule has 1 unspecified atom stereocenters. The molecule has 3 aromatic rings. The molecule has 0 radical (unpaired) electrons. The van der Waals surface area contributed by atoms with Gasteiger partial charge in [-0.25, -0.2) is 0 Å². The number of carbonyl (C=O) groups is 1. The molecule has 1 N–H and O–H groups in total. The summed E-state index contributed by atoms with van der Waals surface area (Å²) in [7, 11) is 0. The van der Waals surface area contributed by atoms with Crippen LogP contribution in [0.3, 0.4) is 0 Å². The molecule has 30 heavy (non-hydrogen) atoms. The molecule has 0 spiro atoms. The number of rotatable bonds is 9. The summed E-state index contributed by atoms with van der Waals surface area (Å²) in [5, 5.41) is 3.41. The molecule has 1 amide bonds. The van der Waals surface area contributed by atoms with Crippen molar-refractivity contribution in [2.45, 2.75) is 13.0 Å². The molecule has 5 nitrogen and oxygen atoms in total. The van der Waals surface area contributed by atoms with Gasteiger partial charge < -0.3 is 19.5 Å². The molecule has 3 rings (SSSR count). The Morgan fingerprint density at radius 1 is 0.967 bits per heavy atom. The van der Waals surface area contributed by atoms with E-state index < -0.39 is 6.10 Å². The number of benzene rings is 3. The van der Waals surface area contributed by atoms with Gasteiger partial charge in [0.05, 0.1) is 4.47 Å². The van der Waals surface area contributed by atoms with Crippen molar-refractivity contribution in [2.24, 2.45) is 0 Å². The number of hydrogen-bond donors (Lipinski definition) is 1. The number of halogens is 2. The Balaban J connectivity index is 1.44. The zero-order chi connectivity index (χ0) is 21.3. The Morgan fingerprint density at radius 3 is 2.23 bits per heavy atom. The lowest BCUT2D eigenvalue weighted by atomic mass is 10.2. The average molecular weight is 491 g/mol. The van der Waals surface area contributed by atoms with Crippen molar-refractivity contribution >= 4 is 39.1 Å². The summed E-state index contributed by atoms with van der Waals surface area (Å²) in [6.07, 6.45) is -0.687. The van der Waals surface area contributed by atoms with Crippen molar-refractivity contribution in [3.63, 3.8) is 0 Å². The van der Waals surface area contributed by atoms with Crippen molar-refractivity contribution in [3.05, 3.63) is 82.3 Å². The summed E-state index contributed by atoms with van der Waals surface area (Å²) in [6.45, 7) is 2.54. The summed E-state index contributed by atoms with van der Waals surface area (Å²) >= 11 is 9.30. The number of ether oxygens (including phenoxy) is 3. The molecule has 0 fully saturated rings. The Morgan fingerprint density at radius 2 is 1.60 bits per heavy atom. The van der Waals surface area contributed by atoms with Crippen molar-refractivity contribution in [2.75, 3.05) is 18.5 Å². The minimum Gasteiger partial charge on any atom is -0.490 e. The number of anilines is 1. The maximum atomic E-state index is 12.4. The summed E-state index contributed by atoms with van der Waals surface area (Å²) < 4.78 is 17.6. The fraction of sp³-hybridized carbons (Fsp3) is 0.174. The zero-order valence-electron chi connectivity index (χ0n) is 16.3. The first-order valence-corrected chi connectivity index (χ1v) is 10.5. The van der Waals surface area contributed by atoms with Crippen LogP contribution in [-0.4, -0.2) is 25.2 Å². The van der Waals surface area contributed by atoms with E-state index in [1.54, 1.807) is 49.4 Å². The molecule has 3 aromatic carbocycles. The second-order valence-corrected chi connectivity index (χ2v) is 7.65. The van der Waals surface area contributed by atoms with Gasteiger partial charge in [-0.2, -0.15) is 0 Å². The SMILES string of the molecule is CC(Oc1ccc(Cl)cc1Br)C(=O)Nc1ccc(OCCOc2ccccc2)cc1. The molecule has 1 atom stereocenters. The first-order valence-electron chi connectivity index (χ1n) is 9.34. The third kappa shape index (κ3) is 6.68. The van der Waals surface area contributed by atoms with E-state index in [2.05, 4.69) is 21.2 Å². The van der Waals surface area contributed by atoms with Gasteiger partial charge in [-0.1, -0.05) is 29.8 Å². The maximum absolute atomic E-state index is 12.4. The molecule has 0 aliphatic rings. The van der Waals surface area contributed by atoms with Crippen molar-refractivity contribution in [1.29, 1.82) is 0 Å². The third-order valence-corrected chi connectivity index (χ3v) is 4.91. The Hall–Kier alpha value is -2.70. The molecule has 7 heteroatoms. The monoisotopic (exact) mass is 489 g/mol. The molecule has 156 valence electrons. The van der Waals surface area contributed by atoms with E-state index in [-0.39, 0.29) is 5.91 Å².